The predicted molar refractivity (Wildman–Crippen MR) is 82.6 cm³/mol. The van der Waals surface area contributed by atoms with E-state index in [1.807, 2.05) is 37.4 Å². The van der Waals surface area contributed by atoms with Crippen LogP contribution >= 0.6 is 15.9 Å². The fourth-order valence-electron chi connectivity index (χ4n) is 2.18. The monoisotopic (exact) mass is 337 g/mol. The zero-order valence-corrected chi connectivity index (χ0v) is 13.1. The van der Waals surface area contributed by atoms with Gasteiger partial charge in [0.25, 0.3) is 0 Å². The molecule has 2 aromatic carbocycles. The van der Waals surface area contributed by atoms with E-state index in [2.05, 4.69) is 21.2 Å². The number of halogens is 2. The second kappa shape index (κ2) is 6.86. The largest absolute Gasteiger partial charge is 0.497 e. The molecule has 1 N–H and O–H groups in total. The Balaban J connectivity index is 2.29. The number of hydrogen-bond acceptors (Lipinski definition) is 2. The molecule has 0 aliphatic carbocycles. The number of nitrogens with one attached hydrogen (secondary N) is 1. The number of ether oxygens (including phenoxy) is 1. The van der Waals surface area contributed by atoms with Crippen LogP contribution in [0.2, 0.25) is 0 Å². The fourth-order valence-corrected chi connectivity index (χ4v) is 2.59. The van der Waals surface area contributed by atoms with Crippen molar-refractivity contribution in [2.24, 2.45) is 0 Å². The SMILES string of the molecule is CNC(Cc1cc(OC)ccc1Br)c1ccccc1F. The summed E-state index contributed by atoms with van der Waals surface area (Å²) in [6.07, 6.45) is 0.676. The number of rotatable bonds is 5. The van der Waals surface area contributed by atoms with Gasteiger partial charge in [0.15, 0.2) is 0 Å². The van der Waals surface area contributed by atoms with Crippen LogP contribution in [0.25, 0.3) is 0 Å². The molecule has 0 amide bonds. The molecule has 0 saturated heterocycles. The van der Waals surface area contributed by atoms with Crippen molar-refractivity contribution in [2.75, 3.05) is 14.2 Å². The molecular formula is C16H17BrFNO. The van der Waals surface area contributed by atoms with Gasteiger partial charge in [-0.2, -0.15) is 0 Å². The van der Waals surface area contributed by atoms with Gasteiger partial charge in [-0.15, -0.1) is 0 Å². The van der Waals surface area contributed by atoms with E-state index >= 15 is 0 Å². The average Bonchev–Trinajstić information content (AvgIpc) is 2.47. The minimum atomic E-state index is -0.189. The molecule has 2 aromatic rings. The lowest BCUT2D eigenvalue weighted by Gasteiger charge is -2.18. The van der Waals surface area contributed by atoms with Crippen molar-refractivity contribution in [1.29, 1.82) is 0 Å². The molecule has 2 nitrogen and oxygen atoms in total. The van der Waals surface area contributed by atoms with Gasteiger partial charge in [-0.3, -0.25) is 0 Å². The van der Waals surface area contributed by atoms with E-state index in [0.717, 1.165) is 15.8 Å². The second-order valence-corrected chi connectivity index (χ2v) is 5.38. The fraction of sp³-hybridized carbons (Fsp3) is 0.250. The lowest BCUT2D eigenvalue weighted by atomic mass is 9.98. The van der Waals surface area contributed by atoms with E-state index in [1.165, 1.54) is 6.07 Å². The van der Waals surface area contributed by atoms with Crippen LogP contribution in [0, 0.1) is 5.82 Å². The van der Waals surface area contributed by atoms with Crippen LogP contribution in [0.3, 0.4) is 0 Å². The van der Waals surface area contributed by atoms with Gasteiger partial charge in [0, 0.05) is 16.1 Å². The van der Waals surface area contributed by atoms with Crippen molar-refractivity contribution < 1.29 is 9.13 Å². The van der Waals surface area contributed by atoms with Crippen LogP contribution in [0.4, 0.5) is 4.39 Å². The Bertz CT molecular complexity index is 588. The van der Waals surface area contributed by atoms with E-state index in [9.17, 15) is 4.39 Å². The molecule has 106 valence electrons. The third kappa shape index (κ3) is 3.38. The zero-order chi connectivity index (χ0) is 14.5. The highest BCUT2D eigenvalue weighted by molar-refractivity contribution is 9.10. The molecule has 0 bridgehead atoms. The predicted octanol–water partition coefficient (Wildman–Crippen LogP) is 4.10. The van der Waals surface area contributed by atoms with Crippen LogP contribution in [0.5, 0.6) is 5.75 Å². The van der Waals surface area contributed by atoms with E-state index < -0.39 is 0 Å². The van der Waals surface area contributed by atoms with Crippen molar-refractivity contribution in [3.8, 4) is 5.75 Å². The normalized spacial score (nSPS) is 12.2. The summed E-state index contributed by atoms with van der Waals surface area (Å²) in [5.74, 6) is 0.609. The zero-order valence-electron chi connectivity index (χ0n) is 11.5. The molecule has 0 heterocycles. The molecule has 0 saturated carbocycles. The van der Waals surface area contributed by atoms with E-state index in [4.69, 9.17) is 4.74 Å². The third-order valence-electron chi connectivity index (χ3n) is 3.31. The van der Waals surface area contributed by atoms with Crippen molar-refractivity contribution in [2.45, 2.75) is 12.5 Å². The van der Waals surface area contributed by atoms with Gasteiger partial charge >= 0.3 is 0 Å². The van der Waals surface area contributed by atoms with Crippen molar-refractivity contribution in [1.82, 2.24) is 5.32 Å². The summed E-state index contributed by atoms with van der Waals surface area (Å²) in [4.78, 5) is 0. The molecule has 0 spiro atoms. The molecule has 20 heavy (non-hydrogen) atoms. The maximum absolute atomic E-state index is 13.9. The summed E-state index contributed by atoms with van der Waals surface area (Å²) < 4.78 is 20.1. The Morgan fingerprint density at radius 1 is 1.25 bits per heavy atom. The third-order valence-corrected chi connectivity index (χ3v) is 4.08. The highest BCUT2D eigenvalue weighted by Crippen LogP contribution is 2.28. The van der Waals surface area contributed by atoms with Crippen molar-refractivity contribution >= 4 is 15.9 Å². The highest BCUT2D eigenvalue weighted by Gasteiger charge is 2.15. The standard InChI is InChI=1S/C16H17BrFNO/c1-19-16(13-5-3-4-6-15(13)18)10-11-9-12(20-2)7-8-14(11)17/h3-9,16,19H,10H2,1-2H3. The number of hydrogen-bond donors (Lipinski definition) is 1. The quantitative estimate of drug-likeness (QED) is 0.886. The lowest BCUT2D eigenvalue weighted by Crippen LogP contribution is -2.20. The topological polar surface area (TPSA) is 21.3 Å². The first-order valence-corrected chi connectivity index (χ1v) is 7.19. The molecule has 0 aliphatic rings. The van der Waals surface area contributed by atoms with Gasteiger partial charge in [0.1, 0.15) is 11.6 Å². The Morgan fingerprint density at radius 2 is 2.00 bits per heavy atom. The Morgan fingerprint density at radius 3 is 2.65 bits per heavy atom. The van der Waals surface area contributed by atoms with E-state index in [-0.39, 0.29) is 11.9 Å². The van der Waals surface area contributed by atoms with Gasteiger partial charge in [0.05, 0.1) is 7.11 Å². The van der Waals surface area contributed by atoms with Gasteiger partial charge < -0.3 is 10.1 Å². The Hall–Kier alpha value is -1.39. The van der Waals surface area contributed by atoms with Crippen LogP contribution < -0.4 is 10.1 Å². The minimum Gasteiger partial charge on any atom is -0.497 e. The summed E-state index contributed by atoms with van der Waals surface area (Å²) in [5, 5.41) is 3.17. The molecule has 2 rings (SSSR count). The van der Waals surface area contributed by atoms with Gasteiger partial charge in [-0.1, -0.05) is 34.1 Å². The molecule has 0 aromatic heterocycles. The summed E-state index contributed by atoms with van der Waals surface area (Å²) in [6.45, 7) is 0. The summed E-state index contributed by atoms with van der Waals surface area (Å²) >= 11 is 3.53. The summed E-state index contributed by atoms with van der Waals surface area (Å²) in [6, 6.07) is 12.6. The van der Waals surface area contributed by atoms with Gasteiger partial charge in [-0.05, 0) is 43.3 Å². The summed E-state index contributed by atoms with van der Waals surface area (Å²) in [5.41, 5.74) is 1.75. The smallest absolute Gasteiger partial charge is 0.127 e. The Kier molecular flexibility index (Phi) is 5.15. The van der Waals surface area contributed by atoms with Crippen LogP contribution in [-0.2, 0) is 6.42 Å². The number of methoxy groups -OCH3 is 1. The van der Waals surface area contributed by atoms with Gasteiger partial charge in [-0.25, -0.2) is 4.39 Å². The van der Waals surface area contributed by atoms with Crippen LogP contribution in [-0.4, -0.2) is 14.2 Å². The van der Waals surface area contributed by atoms with E-state index in [0.29, 0.717) is 12.0 Å². The first-order valence-electron chi connectivity index (χ1n) is 6.39. The number of benzene rings is 2. The molecule has 1 unspecified atom stereocenters. The molecular weight excluding hydrogens is 321 g/mol. The first-order chi connectivity index (χ1) is 9.65. The minimum absolute atomic E-state index is 0.0837. The Labute approximate surface area is 127 Å². The molecule has 0 aliphatic heterocycles. The highest BCUT2D eigenvalue weighted by atomic mass is 79.9. The molecule has 0 fully saturated rings. The molecule has 4 heteroatoms. The average molecular weight is 338 g/mol. The number of likely N-dealkylation sites (N-methyl/N-ethyl adjacent to an activating group) is 1. The molecule has 1 atom stereocenters. The second-order valence-electron chi connectivity index (χ2n) is 4.52. The maximum atomic E-state index is 13.9. The lowest BCUT2D eigenvalue weighted by molar-refractivity contribution is 0.413. The van der Waals surface area contributed by atoms with E-state index in [1.54, 1.807) is 13.2 Å². The summed E-state index contributed by atoms with van der Waals surface area (Å²) in [7, 11) is 3.48. The van der Waals surface area contributed by atoms with Crippen LogP contribution in [0.15, 0.2) is 46.9 Å². The van der Waals surface area contributed by atoms with Crippen molar-refractivity contribution in [3.63, 3.8) is 0 Å². The first kappa shape index (κ1) is 15.0. The van der Waals surface area contributed by atoms with Crippen LogP contribution in [0.1, 0.15) is 17.2 Å². The van der Waals surface area contributed by atoms with Crippen molar-refractivity contribution in [3.05, 3.63) is 63.9 Å². The van der Waals surface area contributed by atoms with Gasteiger partial charge in [0.2, 0.25) is 0 Å². The molecule has 0 radical (unpaired) electrons. The maximum Gasteiger partial charge on any atom is 0.127 e.